The molecule has 0 radical (unpaired) electrons. The molecule has 0 spiro atoms. The largest absolute Gasteiger partial charge is 0.494 e. The highest BCUT2D eigenvalue weighted by Gasteiger charge is 2.13. The Bertz CT molecular complexity index is 1360. The molecule has 7 heteroatoms. The molecule has 1 amide bonds. The third-order valence-electron chi connectivity index (χ3n) is 4.98. The van der Waals surface area contributed by atoms with E-state index in [-0.39, 0.29) is 5.91 Å². The van der Waals surface area contributed by atoms with E-state index in [1.54, 1.807) is 48.5 Å². The summed E-state index contributed by atoms with van der Waals surface area (Å²) in [5.74, 6) is 0.137. The number of ether oxygens (including phenoxy) is 2. The van der Waals surface area contributed by atoms with E-state index in [2.05, 4.69) is 26.5 Å². The summed E-state index contributed by atoms with van der Waals surface area (Å²) in [7, 11) is 0. The standard InChI is InChI=1S/C27H21BrN2O4/c1-2-33-22-13-10-19(11-14-22)27(32)34-25-15-12-21(28)16-20(25)17-29-30-26(31)24-9-5-7-18-6-3-4-8-23(18)24/h3-17H,2H2,1H3,(H,30,31)/b29-17-. The normalized spacial score (nSPS) is 10.9. The van der Waals surface area contributed by atoms with Gasteiger partial charge in [-0.05, 0) is 66.2 Å². The SMILES string of the molecule is CCOc1ccc(C(=O)Oc2ccc(Br)cc2/C=N\NC(=O)c2cccc3ccccc23)cc1. The molecular formula is C27H21BrN2O4. The van der Waals surface area contributed by atoms with Crippen LogP contribution in [0.3, 0.4) is 0 Å². The molecule has 0 bridgehead atoms. The van der Waals surface area contributed by atoms with Crippen molar-refractivity contribution in [2.75, 3.05) is 6.61 Å². The van der Waals surface area contributed by atoms with E-state index in [9.17, 15) is 9.59 Å². The molecule has 0 aliphatic carbocycles. The van der Waals surface area contributed by atoms with Gasteiger partial charge in [0.1, 0.15) is 11.5 Å². The summed E-state index contributed by atoms with van der Waals surface area (Å²) in [5, 5.41) is 5.89. The van der Waals surface area contributed by atoms with E-state index < -0.39 is 5.97 Å². The van der Waals surface area contributed by atoms with Crippen molar-refractivity contribution in [1.82, 2.24) is 5.43 Å². The Morgan fingerprint density at radius 1 is 0.971 bits per heavy atom. The van der Waals surface area contributed by atoms with Crippen molar-refractivity contribution in [2.24, 2.45) is 5.10 Å². The van der Waals surface area contributed by atoms with Crippen LogP contribution in [0.5, 0.6) is 11.5 Å². The van der Waals surface area contributed by atoms with Crippen LogP contribution in [0.2, 0.25) is 0 Å². The summed E-state index contributed by atoms with van der Waals surface area (Å²) in [5.41, 5.74) is 3.98. The van der Waals surface area contributed by atoms with Crippen LogP contribution < -0.4 is 14.9 Å². The van der Waals surface area contributed by atoms with Crippen molar-refractivity contribution >= 4 is 44.8 Å². The average molecular weight is 517 g/mol. The number of amides is 1. The number of carbonyl (C=O) groups is 2. The Labute approximate surface area is 205 Å². The maximum absolute atomic E-state index is 12.7. The zero-order chi connectivity index (χ0) is 23.9. The van der Waals surface area contributed by atoms with E-state index in [4.69, 9.17) is 9.47 Å². The third kappa shape index (κ3) is 5.50. The van der Waals surface area contributed by atoms with Crippen LogP contribution in [0, 0.1) is 0 Å². The number of nitrogens with one attached hydrogen (secondary N) is 1. The third-order valence-corrected chi connectivity index (χ3v) is 5.47. The lowest BCUT2D eigenvalue weighted by atomic mass is 10.0. The van der Waals surface area contributed by atoms with E-state index in [1.165, 1.54) is 6.21 Å². The van der Waals surface area contributed by atoms with Gasteiger partial charge < -0.3 is 9.47 Å². The minimum Gasteiger partial charge on any atom is -0.494 e. The number of nitrogens with zero attached hydrogens (tertiary/aromatic N) is 1. The highest BCUT2D eigenvalue weighted by atomic mass is 79.9. The molecule has 170 valence electrons. The Balaban J connectivity index is 1.49. The molecule has 0 saturated heterocycles. The Hall–Kier alpha value is -3.97. The van der Waals surface area contributed by atoms with E-state index >= 15 is 0 Å². The van der Waals surface area contributed by atoms with Gasteiger partial charge in [0.25, 0.3) is 5.91 Å². The number of hydrogen-bond donors (Lipinski definition) is 1. The Morgan fingerprint density at radius 3 is 2.53 bits per heavy atom. The molecule has 0 aromatic heterocycles. The number of carbonyl (C=O) groups excluding carboxylic acids is 2. The minimum atomic E-state index is -0.514. The van der Waals surface area contributed by atoms with Gasteiger partial charge in [-0.3, -0.25) is 4.79 Å². The minimum absolute atomic E-state index is 0.310. The van der Waals surface area contributed by atoms with Gasteiger partial charge in [0.05, 0.1) is 18.4 Å². The molecule has 0 unspecified atom stereocenters. The van der Waals surface area contributed by atoms with Gasteiger partial charge in [0.2, 0.25) is 0 Å². The van der Waals surface area contributed by atoms with E-state index in [0.29, 0.717) is 34.8 Å². The van der Waals surface area contributed by atoms with Crippen LogP contribution >= 0.6 is 15.9 Å². The lowest BCUT2D eigenvalue weighted by molar-refractivity contribution is 0.0734. The topological polar surface area (TPSA) is 77.0 Å². The van der Waals surface area contributed by atoms with Crippen LogP contribution in [-0.2, 0) is 0 Å². The van der Waals surface area contributed by atoms with Crippen molar-refractivity contribution < 1.29 is 19.1 Å². The molecular weight excluding hydrogens is 496 g/mol. The predicted molar refractivity (Wildman–Crippen MR) is 136 cm³/mol. The first-order chi connectivity index (χ1) is 16.5. The smallest absolute Gasteiger partial charge is 0.343 e. The number of rotatable bonds is 7. The molecule has 0 aliphatic heterocycles. The number of fused-ring (bicyclic) bond motifs is 1. The zero-order valence-corrected chi connectivity index (χ0v) is 19.9. The summed E-state index contributed by atoms with van der Waals surface area (Å²) in [6, 6.07) is 25.0. The van der Waals surface area contributed by atoms with Crippen molar-refractivity contribution in [3.8, 4) is 11.5 Å². The number of esters is 1. The molecule has 0 saturated carbocycles. The Morgan fingerprint density at radius 2 is 1.74 bits per heavy atom. The van der Waals surface area contributed by atoms with Crippen LogP contribution in [0.4, 0.5) is 0 Å². The van der Waals surface area contributed by atoms with Crippen LogP contribution in [0.1, 0.15) is 33.2 Å². The van der Waals surface area contributed by atoms with Gasteiger partial charge in [-0.2, -0.15) is 5.10 Å². The van der Waals surface area contributed by atoms with Gasteiger partial charge in [-0.1, -0.05) is 52.3 Å². The van der Waals surface area contributed by atoms with E-state index in [0.717, 1.165) is 15.2 Å². The van der Waals surface area contributed by atoms with Crippen molar-refractivity contribution in [1.29, 1.82) is 0 Å². The number of halogens is 1. The van der Waals surface area contributed by atoms with Gasteiger partial charge in [0, 0.05) is 15.6 Å². The fourth-order valence-electron chi connectivity index (χ4n) is 3.37. The summed E-state index contributed by atoms with van der Waals surface area (Å²) in [6.07, 6.45) is 1.44. The molecule has 4 aromatic rings. The fourth-order valence-corrected chi connectivity index (χ4v) is 3.75. The molecule has 34 heavy (non-hydrogen) atoms. The first-order valence-electron chi connectivity index (χ1n) is 10.6. The first kappa shape index (κ1) is 23.2. The molecule has 6 nitrogen and oxygen atoms in total. The predicted octanol–water partition coefficient (Wildman–Crippen LogP) is 5.98. The lowest BCUT2D eigenvalue weighted by Gasteiger charge is -2.09. The van der Waals surface area contributed by atoms with Gasteiger partial charge in [0.15, 0.2) is 0 Å². The summed E-state index contributed by atoms with van der Waals surface area (Å²) < 4.78 is 11.8. The maximum atomic E-state index is 12.7. The number of hydrazone groups is 1. The monoisotopic (exact) mass is 516 g/mol. The summed E-state index contributed by atoms with van der Waals surface area (Å²) in [6.45, 7) is 2.44. The van der Waals surface area contributed by atoms with Crippen molar-refractivity contribution in [2.45, 2.75) is 6.92 Å². The van der Waals surface area contributed by atoms with Gasteiger partial charge >= 0.3 is 5.97 Å². The molecule has 0 atom stereocenters. The van der Waals surface area contributed by atoms with Crippen molar-refractivity contribution in [3.05, 3.63) is 106 Å². The molecule has 4 rings (SSSR count). The molecule has 0 fully saturated rings. The highest BCUT2D eigenvalue weighted by Crippen LogP contribution is 2.24. The number of hydrogen-bond acceptors (Lipinski definition) is 5. The maximum Gasteiger partial charge on any atom is 0.343 e. The quantitative estimate of drug-likeness (QED) is 0.142. The summed E-state index contributed by atoms with van der Waals surface area (Å²) >= 11 is 3.41. The molecule has 1 N–H and O–H groups in total. The van der Waals surface area contributed by atoms with E-state index in [1.807, 2.05) is 43.3 Å². The van der Waals surface area contributed by atoms with Crippen LogP contribution in [-0.4, -0.2) is 24.7 Å². The van der Waals surface area contributed by atoms with Crippen LogP contribution in [0.15, 0.2) is 94.5 Å². The average Bonchev–Trinajstić information content (AvgIpc) is 2.85. The Kier molecular flexibility index (Phi) is 7.34. The summed E-state index contributed by atoms with van der Waals surface area (Å²) in [4.78, 5) is 25.3. The first-order valence-corrected chi connectivity index (χ1v) is 11.4. The molecule has 4 aromatic carbocycles. The second-order valence-electron chi connectivity index (χ2n) is 7.25. The number of benzene rings is 4. The lowest BCUT2D eigenvalue weighted by Crippen LogP contribution is -2.18. The highest BCUT2D eigenvalue weighted by molar-refractivity contribution is 9.10. The van der Waals surface area contributed by atoms with Gasteiger partial charge in [-0.25, -0.2) is 10.2 Å². The second-order valence-corrected chi connectivity index (χ2v) is 8.17. The van der Waals surface area contributed by atoms with Crippen molar-refractivity contribution in [3.63, 3.8) is 0 Å². The van der Waals surface area contributed by atoms with Gasteiger partial charge in [-0.15, -0.1) is 0 Å². The second kappa shape index (κ2) is 10.8. The fraction of sp³-hybridized carbons (Fsp3) is 0.0741. The molecule has 0 heterocycles. The van der Waals surface area contributed by atoms with Crippen LogP contribution in [0.25, 0.3) is 10.8 Å². The molecule has 0 aliphatic rings. The zero-order valence-electron chi connectivity index (χ0n) is 18.3.